The molecule has 134 valence electrons. The van der Waals surface area contributed by atoms with Crippen molar-refractivity contribution < 1.29 is 9.53 Å². The van der Waals surface area contributed by atoms with Gasteiger partial charge in [-0.1, -0.05) is 6.42 Å². The van der Waals surface area contributed by atoms with Crippen molar-refractivity contribution >= 4 is 16.9 Å². The molecule has 25 heavy (non-hydrogen) atoms. The molecule has 5 heteroatoms. The molecule has 2 heterocycles. The van der Waals surface area contributed by atoms with Crippen LogP contribution in [0, 0.1) is 6.92 Å². The molecular weight excluding hydrogens is 316 g/mol. The molecule has 1 aromatic carbocycles. The number of carbonyl (C=O) groups is 1. The Morgan fingerprint density at radius 2 is 2.16 bits per heavy atom. The third kappa shape index (κ3) is 3.61. The second-order valence-corrected chi connectivity index (χ2v) is 6.85. The minimum absolute atomic E-state index is 0.00942. The van der Waals surface area contributed by atoms with E-state index in [0.717, 1.165) is 23.3 Å². The minimum atomic E-state index is -0.393. The van der Waals surface area contributed by atoms with E-state index in [4.69, 9.17) is 4.74 Å². The molecule has 5 nitrogen and oxygen atoms in total. The van der Waals surface area contributed by atoms with Crippen LogP contribution in [-0.2, 0) is 11.3 Å². The zero-order chi connectivity index (χ0) is 18.0. The molecule has 2 aromatic rings. The van der Waals surface area contributed by atoms with Crippen molar-refractivity contribution in [2.24, 2.45) is 0 Å². The number of hydrogen-bond donors (Lipinski definition) is 1. The fraction of sp³-hybridized carbons (Fsp3) is 0.500. The lowest BCUT2D eigenvalue weighted by molar-refractivity contribution is 0.0526. The van der Waals surface area contributed by atoms with Crippen molar-refractivity contribution in [3.05, 3.63) is 45.2 Å². The van der Waals surface area contributed by atoms with E-state index in [0.29, 0.717) is 30.1 Å². The van der Waals surface area contributed by atoms with Gasteiger partial charge in [0.2, 0.25) is 0 Å². The standard InChI is InChI=1S/C20H26N2O3/c1-4-25-20(24)15-8-9-18-16(11-15)19(23)17(14(3)21-18)12-22-10-6-5-7-13(22)2/h8-9,11,13H,4-7,10,12H2,1-3H3,(H,21,23)/t13-/m1/s1. The highest BCUT2D eigenvalue weighted by Crippen LogP contribution is 2.20. The number of ether oxygens (including phenoxy) is 1. The molecule has 1 N–H and O–H groups in total. The summed E-state index contributed by atoms with van der Waals surface area (Å²) in [5, 5.41) is 0.552. The number of aryl methyl sites for hydroxylation is 1. The first-order valence-corrected chi connectivity index (χ1v) is 9.08. The molecule has 0 amide bonds. The lowest BCUT2D eigenvalue weighted by Crippen LogP contribution is -2.38. The van der Waals surface area contributed by atoms with E-state index in [1.165, 1.54) is 19.3 Å². The number of likely N-dealkylation sites (tertiary alicyclic amines) is 1. The Morgan fingerprint density at radius 3 is 2.88 bits per heavy atom. The summed E-state index contributed by atoms with van der Waals surface area (Å²) >= 11 is 0. The average Bonchev–Trinajstić information content (AvgIpc) is 2.60. The molecule has 0 bridgehead atoms. The minimum Gasteiger partial charge on any atom is -0.462 e. The number of rotatable bonds is 4. The Bertz CT molecular complexity index is 841. The monoisotopic (exact) mass is 342 g/mol. The van der Waals surface area contributed by atoms with Crippen LogP contribution >= 0.6 is 0 Å². The van der Waals surface area contributed by atoms with Crippen LogP contribution in [-0.4, -0.2) is 35.0 Å². The maximum absolute atomic E-state index is 13.1. The molecular formula is C20H26N2O3. The van der Waals surface area contributed by atoms with Gasteiger partial charge >= 0.3 is 5.97 Å². The number of nitrogens with one attached hydrogen (secondary N) is 1. The van der Waals surface area contributed by atoms with Crippen molar-refractivity contribution in [1.82, 2.24) is 9.88 Å². The van der Waals surface area contributed by atoms with Crippen LogP contribution in [0.15, 0.2) is 23.0 Å². The molecule has 1 aliphatic heterocycles. The first kappa shape index (κ1) is 17.7. The second kappa shape index (κ2) is 7.40. The molecule has 0 aliphatic carbocycles. The fourth-order valence-electron chi connectivity index (χ4n) is 3.58. The Kier molecular flexibility index (Phi) is 5.23. The van der Waals surface area contributed by atoms with Crippen LogP contribution in [0.4, 0.5) is 0 Å². The van der Waals surface area contributed by atoms with Crippen molar-refractivity contribution in [2.75, 3.05) is 13.2 Å². The Balaban J connectivity index is 2.00. The van der Waals surface area contributed by atoms with Gasteiger partial charge in [0.1, 0.15) is 0 Å². The number of aromatic nitrogens is 1. The van der Waals surface area contributed by atoms with Crippen LogP contribution in [0.1, 0.15) is 54.7 Å². The first-order chi connectivity index (χ1) is 12.0. The summed E-state index contributed by atoms with van der Waals surface area (Å²) in [6.07, 6.45) is 3.62. The number of fused-ring (bicyclic) bond motifs is 1. The molecule has 1 aromatic heterocycles. The Morgan fingerprint density at radius 1 is 1.36 bits per heavy atom. The lowest BCUT2D eigenvalue weighted by atomic mass is 10.0. The summed E-state index contributed by atoms with van der Waals surface area (Å²) in [5.74, 6) is -0.393. The highest BCUT2D eigenvalue weighted by molar-refractivity contribution is 5.94. The maximum Gasteiger partial charge on any atom is 0.338 e. The zero-order valence-corrected chi connectivity index (χ0v) is 15.2. The SMILES string of the molecule is CCOC(=O)c1ccc2[nH]c(C)c(CN3CCCC[C@H]3C)c(=O)c2c1. The Hall–Kier alpha value is -2.14. The average molecular weight is 342 g/mol. The summed E-state index contributed by atoms with van der Waals surface area (Å²) in [5.41, 5.74) is 2.88. The van der Waals surface area contributed by atoms with Crippen LogP contribution < -0.4 is 5.43 Å². The number of nitrogens with zero attached hydrogens (tertiary/aromatic N) is 1. The molecule has 1 fully saturated rings. The zero-order valence-electron chi connectivity index (χ0n) is 15.2. The number of pyridine rings is 1. The van der Waals surface area contributed by atoms with Gasteiger partial charge in [0, 0.05) is 34.7 Å². The molecule has 0 spiro atoms. The highest BCUT2D eigenvalue weighted by atomic mass is 16.5. The van der Waals surface area contributed by atoms with Gasteiger partial charge in [-0.3, -0.25) is 9.69 Å². The Labute approximate surface area is 148 Å². The van der Waals surface area contributed by atoms with Gasteiger partial charge in [-0.2, -0.15) is 0 Å². The molecule has 3 rings (SSSR count). The third-order valence-electron chi connectivity index (χ3n) is 5.13. The number of piperidine rings is 1. The quantitative estimate of drug-likeness (QED) is 0.865. The van der Waals surface area contributed by atoms with Crippen LogP contribution in [0.5, 0.6) is 0 Å². The maximum atomic E-state index is 13.1. The second-order valence-electron chi connectivity index (χ2n) is 6.85. The van der Waals surface area contributed by atoms with Gasteiger partial charge < -0.3 is 9.72 Å². The van der Waals surface area contributed by atoms with E-state index in [9.17, 15) is 9.59 Å². The summed E-state index contributed by atoms with van der Waals surface area (Å²) < 4.78 is 5.05. The van der Waals surface area contributed by atoms with Crippen molar-refractivity contribution in [2.45, 2.75) is 52.6 Å². The van der Waals surface area contributed by atoms with Crippen LogP contribution in [0.3, 0.4) is 0 Å². The summed E-state index contributed by atoms with van der Waals surface area (Å²) in [6.45, 7) is 7.95. The van der Waals surface area contributed by atoms with Crippen LogP contribution in [0.2, 0.25) is 0 Å². The highest BCUT2D eigenvalue weighted by Gasteiger charge is 2.21. The number of H-pyrrole nitrogens is 1. The van der Waals surface area contributed by atoms with Gasteiger partial charge in [-0.15, -0.1) is 0 Å². The number of carbonyl (C=O) groups excluding carboxylic acids is 1. The predicted octanol–water partition coefficient (Wildman–Crippen LogP) is 3.39. The number of hydrogen-bond acceptors (Lipinski definition) is 4. The topological polar surface area (TPSA) is 62.4 Å². The van der Waals surface area contributed by atoms with E-state index in [-0.39, 0.29) is 5.43 Å². The smallest absolute Gasteiger partial charge is 0.338 e. The fourth-order valence-corrected chi connectivity index (χ4v) is 3.58. The molecule has 1 saturated heterocycles. The predicted molar refractivity (Wildman–Crippen MR) is 99.0 cm³/mol. The van der Waals surface area contributed by atoms with Gasteiger partial charge in [0.15, 0.2) is 5.43 Å². The molecule has 0 unspecified atom stereocenters. The van der Waals surface area contributed by atoms with E-state index in [1.54, 1.807) is 25.1 Å². The van der Waals surface area contributed by atoms with Crippen LogP contribution in [0.25, 0.3) is 10.9 Å². The lowest BCUT2D eigenvalue weighted by Gasteiger charge is -2.33. The molecule has 1 aliphatic rings. The van der Waals surface area contributed by atoms with E-state index in [2.05, 4.69) is 16.8 Å². The van der Waals surface area contributed by atoms with Crippen molar-refractivity contribution in [3.8, 4) is 0 Å². The molecule has 1 atom stereocenters. The van der Waals surface area contributed by atoms with Gasteiger partial charge in [0.25, 0.3) is 0 Å². The number of benzene rings is 1. The van der Waals surface area contributed by atoms with E-state index in [1.807, 2.05) is 6.92 Å². The molecule has 0 radical (unpaired) electrons. The third-order valence-corrected chi connectivity index (χ3v) is 5.13. The van der Waals surface area contributed by atoms with Gasteiger partial charge in [0.05, 0.1) is 12.2 Å². The van der Waals surface area contributed by atoms with Crippen molar-refractivity contribution in [3.63, 3.8) is 0 Å². The molecule has 0 saturated carbocycles. The van der Waals surface area contributed by atoms with E-state index < -0.39 is 5.97 Å². The first-order valence-electron chi connectivity index (χ1n) is 9.08. The summed E-state index contributed by atoms with van der Waals surface area (Å²) in [4.78, 5) is 30.7. The number of aromatic amines is 1. The summed E-state index contributed by atoms with van der Waals surface area (Å²) in [6, 6.07) is 5.62. The number of esters is 1. The van der Waals surface area contributed by atoms with Gasteiger partial charge in [-0.05, 0) is 58.4 Å². The largest absolute Gasteiger partial charge is 0.462 e. The normalized spacial score (nSPS) is 18.4. The van der Waals surface area contributed by atoms with E-state index >= 15 is 0 Å². The van der Waals surface area contributed by atoms with Crippen molar-refractivity contribution in [1.29, 1.82) is 0 Å². The summed E-state index contributed by atoms with van der Waals surface area (Å²) in [7, 11) is 0. The van der Waals surface area contributed by atoms with Gasteiger partial charge in [-0.25, -0.2) is 4.79 Å².